The largest absolute Gasteiger partial charge is 0.491 e. The van der Waals surface area contributed by atoms with Crippen LogP contribution in [0, 0.1) is 11.3 Å². The summed E-state index contributed by atoms with van der Waals surface area (Å²) < 4.78 is 5.54. The van der Waals surface area contributed by atoms with E-state index in [0.29, 0.717) is 11.3 Å². The molecule has 0 aliphatic carbocycles. The minimum absolute atomic E-state index is 0.0735. The number of aromatic nitrogens is 1. The number of ether oxygens (including phenoxy) is 1. The summed E-state index contributed by atoms with van der Waals surface area (Å²) in [5, 5.41) is 21.5. The van der Waals surface area contributed by atoms with Gasteiger partial charge < -0.3 is 20.1 Å². The lowest BCUT2D eigenvalue weighted by Crippen LogP contribution is -2.28. The number of rotatable bonds is 6. The zero-order chi connectivity index (χ0) is 16.8. The lowest BCUT2D eigenvalue weighted by molar-refractivity contribution is 0.0912. The van der Waals surface area contributed by atoms with E-state index in [9.17, 15) is 9.90 Å². The first-order valence-corrected chi connectivity index (χ1v) is 7.31. The fourth-order valence-corrected chi connectivity index (χ4v) is 2.04. The molecule has 23 heavy (non-hydrogen) atoms. The van der Waals surface area contributed by atoms with Crippen molar-refractivity contribution < 1.29 is 14.6 Å². The summed E-state index contributed by atoms with van der Waals surface area (Å²) in [6, 6.07) is 12.1. The highest BCUT2D eigenvalue weighted by Crippen LogP contribution is 2.18. The number of aromatic amines is 1. The molecule has 3 N–H and O–H groups in total. The standard InChI is InChI=1S/C17H19N3O3/c1-11(2)23-14-6-3-12(4-7-14)16(21)10-19-17(22)15-8-5-13(9-18)20-15/h3-8,11,16,20-21H,10H2,1-2H3,(H,19,22). The van der Waals surface area contributed by atoms with E-state index in [0.717, 1.165) is 5.75 Å². The SMILES string of the molecule is CC(C)Oc1ccc(C(O)CNC(=O)c2ccc(C#N)[nH]2)cc1. The van der Waals surface area contributed by atoms with Gasteiger partial charge in [0.05, 0.1) is 12.2 Å². The molecule has 2 rings (SSSR count). The van der Waals surface area contributed by atoms with Crippen LogP contribution in [0.4, 0.5) is 0 Å². The van der Waals surface area contributed by atoms with Gasteiger partial charge in [0.2, 0.25) is 0 Å². The molecule has 1 amide bonds. The average molecular weight is 313 g/mol. The first-order valence-electron chi connectivity index (χ1n) is 7.31. The van der Waals surface area contributed by atoms with Crippen molar-refractivity contribution in [2.75, 3.05) is 6.54 Å². The molecule has 0 aliphatic heterocycles. The van der Waals surface area contributed by atoms with Crippen LogP contribution in [0.25, 0.3) is 0 Å². The van der Waals surface area contributed by atoms with Gasteiger partial charge in [0, 0.05) is 6.54 Å². The Morgan fingerprint density at radius 2 is 2.00 bits per heavy atom. The van der Waals surface area contributed by atoms with E-state index in [2.05, 4.69) is 10.3 Å². The predicted molar refractivity (Wildman–Crippen MR) is 85.0 cm³/mol. The Balaban J connectivity index is 1.90. The molecule has 1 atom stereocenters. The van der Waals surface area contributed by atoms with Gasteiger partial charge in [-0.1, -0.05) is 12.1 Å². The Morgan fingerprint density at radius 3 is 2.57 bits per heavy atom. The van der Waals surface area contributed by atoms with Crippen molar-refractivity contribution in [3.05, 3.63) is 53.3 Å². The topological polar surface area (TPSA) is 98.1 Å². The monoisotopic (exact) mass is 313 g/mol. The van der Waals surface area contributed by atoms with Crippen molar-refractivity contribution in [2.24, 2.45) is 0 Å². The number of carbonyl (C=O) groups excluding carboxylic acids is 1. The van der Waals surface area contributed by atoms with Crippen molar-refractivity contribution in [2.45, 2.75) is 26.1 Å². The number of nitriles is 1. The molecular formula is C17H19N3O3. The van der Waals surface area contributed by atoms with E-state index in [-0.39, 0.29) is 24.2 Å². The highest BCUT2D eigenvalue weighted by molar-refractivity contribution is 5.92. The molecule has 0 fully saturated rings. The summed E-state index contributed by atoms with van der Waals surface area (Å²) in [5.41, 5.74) is 1.29. The highest BCUT2D eigenvalue weighted by atomic mass is 16.5. The Bertz CT molecular complexity index is 699. The van der Waals surface area contributed by atoms with Gasteiger partial charge in [0.15, 0.2) is 0 Å². The van der Waals surface area contributed by atoms with Gasteiger partial charge in [0.1, 0.15) is 23.2 Å². The van der Waals surface area contributed by atoms with E-state index in [4.69, 9.17) is 10.00 Å². The van der Waals surface area contributed by atoms with Crippen molar-refractivity contribution in [3.63, 3.8) is 0 Å². The second kappa shape index (κ2) is 7.47. The Kier molecular flexibility index (Phi) is 5.39. The number of H-pyrrole nitrogens is 1. The molecule has 6 nitrogen and oxygen atoms in total. The van der Waals surface area contributed by atoms with E-state index in [1.807, 2.05) is 19.9 Å². The number of hydrogen-bond acceptors (Lipinski definition) is 4. The molecular weight excluding hydrogens is 294 g/mol. The Hall–Kier alpha value is -2.78. The Labute approximate surface area is 134 Å². The highest BCUT2D eigenvalue weighted by Gasteiger charge is 2.12. The second-order valence-electron chi connectivity index (χ2n) is 5.36. The second-order valence-corrected chi connectivity index (χ2v) is 5.36. The number of hydrogen-bond donors (Lipinski definition) is 3. The van der Waals surface area contributed by atoms with Gasteiger partial charge in [0.25, 0.3) is 5.91 Å². The van der Waals surface area contributed by atoms with Crippen molar-refractivity contribution in [1.29, 1.82) is 5.26 Å². The van der Waals surface area contributed by atoms with Crippen LogP contribution in [-0.4, -0.2) is 28.6 Å². The third-order valence-corrected chi connectivity index (χ3v) is 3.14. The van der Waals surface area contributed by atoms with E-state index < -0.39 is 6.10 Å². The number of nitrogens with zero attached hydrogens (tertiary/aromatic N) is 1. The fraction of sp³-hybridized carbons (Fsp3) is 0.294. The number of carbonyl (C=O) groups is 1. The van der Waals surface area contributed by atoms with Gasteiger partial charge in [-0.3, -0.25) is 4.79 Å². The number of amides is 1. The Morgan fingerprint density at radius 1 is 1.30 bits per heavy atom. The lowest BCUT2D eigenvalue weighted by Gasteiger charge is -2.14. The van der Waals surface area contributed by atoms with Gasteiger partial charge in [-0.2, -0.15) is 5.26 Å². The summed E-state index contributed by atoms with van der Waals surface area (Å²) in [6.07, 6.45) is -0.735. The molecule has 1 heterocycles. The van der Waals surface area contributed by atoms with Gasteiger partial charge >= 0.3 is 0 Å². The summed E-state index contributed by atoms with van der Waals surface area (Å²) >= 11 is 0. The van der Waals surface area contributed by atoms with Crippen molar-refractivity contribution in [3.8, 4) is 11.8 Å². The molecule has 2 aromatic rings. The fourth-order valence-electron chi connectivity index (χ4n) is 2.04. The minimum atomic E-state index is -0.822. The molecule has 0 aliphatic rings. The normalized spacial score (nSPS) is 11.8. The zero-order valence-corrected chi connectivity index (χ0v) is 13.0. The van der Waals surface area contributed by atoms with Crippen LogP contribution in [0.5, 0.6) is 5.75 Å². The minimum Gasteiger partial charge on any atom is -0.491 e. The van der Waals surface area contributed by atoms with Crippen LogP contribution in [0.3, 0.4) is 0 Å². The van der Waals surface area contributed by atoms with E-state index in [1.165, 1.54) is 12.1 Å². The first-order chi connectivity index (χ1) is 11.0. The maximum Gasteiger partial charge on any atom is 0.267 e. The molecule has 0 spiro atoms. The molecule has 0 saturated heterocycles. The maximum atomic E-state index is 11.9. The van der Waals surface area contributed by atoms with Gasteiger partial charge in [-0.25, -0.2) is 0 Å². The molecule has 1 aromatic carbocycles. The number of aliphatic hydroxyl groups is 1. The zero-order valence-electron chi connectivity index (χ0n) is 13.0. The third-order valence-electron chi connectivity index (χ3n) is 3.14. The van der Waals surface area contributed by atoms with Crippen LogP contribution in [0.2, 0.25) is 0 Å². The molecule has 0 saturated carbocycles. The van der Waals surface area contributed by atoms with Gasteiger partial charge in [-0.15, -0.1) is 0 Å². The summed E-state index contributed by atoms with van der Waals surface area (Å²) in [5.74, 6) is 0.362. The molecule has 1 unspecified atom stereocenters. The van der Waals surface area contributed by atoms with Crippen molar-refractivity contribution in [1.82, 2.24) is 10.3 Å². The molecule has 1 aromatic heterocycles. The maximum absolute atomic E-state index is 11.9. The predicted octanol–water partition coefficient (Wildman–Crippen LogP) is 2.14. The third kappa shape index (κ3) is 4.59. The molecule has 0 radical (unpaired) electrons. The average Bonchev–Trinajstić information content (AvgIpc) is 3.01. The molecule has 6 heteroatoms. The quantitative estimate of drug-likeness (QED) is 0.761. The lowest BCUT2D eigenvalue weighted by atomic mass is 10.1. The van der Waals surface area contributed by atoms with Crippen LogP contribution in [-0.2, 0) is 0 Å². The van der Waals surface area contributed by atoms with Crippen LogP contribution < -0.4 is 10.1 Å². The van der Waals surface area contributed by atoms with Crippen molar-refractivity contribution >= 4 is 5.91 Å². The summed E-state index contributed by atoms with van der Waals surface area (Å²) in [7, 11) is 0. The smallest absolute Gasteiger partial charge is 0.267 e. The van der Waals surface area contributed by atoms with Gasteiger partial charge in [-0.05, 0) is 43.7 Å². The van der Waals surface area contributed by atoms with Crippen LogP contribution in [0.15, 0.2) is 36.4 Å². The van der Waals surface area contributed by atoms with E-state index in [1.54, 1.807) is 24.3 Å². The first kappa shape index (κ1) is 16.6. The van der Waals surface area contributed by atoms with Crippen LogP contribution >= 0.6 is 0 Å². The summed E-state index contributed by atoms with van der Waals surface area (Å²) in [6.45, 7) is 3.96. The molecule has 120 valence electrons. The molecule has 0 bridgehead atoms. The number of benzene rings is 1. The van der Waals surface area contributed by atoms with E-state index >= 15 is 0 Å². The number of nitrogens with one attached hydrogen (secondary N) is 2. The number of aliphatic hydroxyl groups excluding tert-OH is 1. The van der Waals surface area contributed by atoms with Crippen LogP contribution in [0.1, 0.15) is 41.7 Å². The summed E-state index contributed by atoms with van der Waals surface area (Å²) in [4.78, 5) is 14.6.